The Kier molecular flexibility index (Phi) is 5.52. The van der Waals surface area contributed by atoms with E-state index in [0.29, 0.717) is 51.2 Å². The van der Waals surface area contributed by atoms with Gasteiger partial charge in [0.1, 0.15) is 23.1 Å². The van der Waals surface area contributed by atoms with Crippen molar-refractivity contribution < 1.29 is 14.3 Å². The summed E-state index contributed by atoms with van der Waals surface area (Å²) in [4.78, 5) is 15.9. The third-order valence-corrected chi connectivity index (χ3v) is 4.17. The summed E-state index contributed by atoms with van der Waals surface area (Å²) in [5.74, 6) is 0.933. The number of nitrogen functional groups attached to an aromatic ring is 1. The molecule has 0 aliphatic heterocycles. The van der Waals surface area contributed by atoms with Crippen LogP contribution in [0.25, 0.3) is 10.9 Å². The molecule has 0 saturated carbocycles. The lowest BCUT2D eigenvalue weighted by molar-refractivity contribution is -0.114. The van der Waals surface area contributed by atoms with Crippen LogP contribution in [0.1, 0.15) is 19.4 Å². The van der Waals surface area contributed by atoms with Crippen molar-refractivity contribution in [2.45, 2.75) is 13.8 Å². The molecular weight excluding hydrogens is 380 g/mol. The van der Waals surface area contributed by atoms with Crippen LogP contribution in [0.5, 0.6) is 17.2 Å². The third-order valence-electron chi connectivity index (χ3n) is 3.84. The third kappa shape index (κ3) is 3.92. The number of pyridine rings is 1. The number of nitrogens with zero attached hydrogens (tertiary/aromatic N) is 2. The minimum atomic E-state index is -0.252. The number of hydrogen-bond acceptors (Lipinski definition) is 6. The zero-order valence-corrected chi connectivity index (χ0v) is 16.0. The van der Waals surface area contributed by atoms with E-state index in [9.17, 15) is 10.1 Å². The standard InChI is InChI=1S/C20H17ClN4O3/c1-3-27-19-8-17-14(7-18(19)25-11(2)26)20(12(9-22)10-24-17)28-13-4-5-16(23)15(21)6-13/h4-8,10H,3,23H2,1-2H3,(H,25,26). The molecule has 8 heteroatoms. The Morgan fingerprint density at radius 1 is 1.36 bits per heavy atom. The van der Waals surface area contributed by atoms with Gasteiger partial charge in [-0.1, -0.05) is 11.6 Å². The van der Waals surface area contributed by atoms with Crippen molar-refractivity contribution in [1.82, 2.24) is 4.98 Å². The fourth-order valence-corrected chi connectivity index (χ4v) is 2.81. The van der Waals surface area contributed by atoms with Gasteiger partial charge >= 0.3 is 0 Å². The summed E-state index contributed by atoms with van der Waals surface area (Å²) in [7, 11) is 0. The van der Waals surface area contributed by atoms with E-state index >= 15 is 0 Å². The lowest BCUT2D eigenvalue weighted by atomic mass is 10.1. The molecule has 3 aromatic rings. The normalized spacial score (nSPS) is 10.4. The van der Waals surface area contributed by atoms with E-state index in [-0.39, 0.29) is 11.5 Å². The lowest BCUT2D eigenvalue weighted by Crippen LogP contribution is -2.08. The molecule has 0 aliphatic carbocycles. The van der Waals surface area contributed by atoms with E-state index in [4.69, 9.17) is 26.8 Å². The second-order valence-corrected chi connectivity index (χ2v) is 6.29. The average Bonchev–Trinajstić information content (AvgIpc) is 2.65. The van der Waals surface area contributed by atoms with Gasteiger partial charge in [0, 0.05) is 30.6 Å². The highest BCUT2D eigenvalue weighted by atomic mass is 35.5. The molecule has 0 unspecified atom stereocenters. The number of carbonyl (C=O) groups excluding carboxylic acids is 1. The fraction of sp³-hybridized carbons (Fsp3) is 0.150. The molecule has 142 valence electrons. The van der Waals surface area contributed by atoms with Gasteiger partial charge in [0.25, 0.3) is 0 Å². The molecule has 0 radical (unpaired) electrons. The van der Waals surface area contributed by atoms with Crippen LogP contribution in [0.4, 0.5) is 11.4 Å². The smallest absolute Gasteiger partial charge is 0.221 e. The first-order valence-corrected chi connectivity index (χ1v) is 8.80. The van der Waals surface area contributed by atoms with E-state index in [1.165, 1.54) is 13.1 Å². The molecule has 0 bridgehead atoms. The van der Waals surface area contributed by atoms with Crippen LogP contribution in [-0.2, 0) is 4.79 Å². The summed E-state index contributed by atoms with van der Waals surface area (Å²) < 4.78 is 11.6. The average molecular weight is 397 g/mol. The lowest BCUT2D eigenvalue weighted by Gasteiger charge is -2.15. The SMILES string of the molecule is CCOc1cc2ncc(C#N)c(Oc3ccc(N)c(Cl)c3)c2cc1NC(C)=O. The van der Waals surface area contributed by atoms with Crippen molar-refractivity contribution in [2.24, 2.45) is 0 Å². The van der Waals surface area contributed by atoms with Crippen LogP contribution in [0.3, 0.4) is 0 Å². The number of halogens is 1. The molecular formula is C20H17ClN4O3. The van der Waals surface area contributed by atoms with Gasteiger partial charge in [-0.2, -0.15) is 5.26 Å². The second-order valence-electron chi connectivity index (χ2n) is 5.88. The Labute approximate surface area is 166 Å². The molecule has 28 heavy (non-hydrogen) atoms. The maximum Gasteiger partial charge on any atom is 0.221 e. The molecule has 1 amide bonds. The summed E-state index contributed by atoms with van der Waals surface area (Å²) in [5, 5.41) is 13.1. The minimum absolute atomic E-state index is 0.235. The van der Waals surface area contributed by atoms with Crippen molar-refractivity contribution in [1.29, 1.82) is 5.26 Å². The predicted octanol–water partition coefficient (Wildman–Crippen LogP) is 4.49. The zero-order valence-electron chi connectivity index (χ0n) is 15.2. The number of aromatic nitrogens is 1. The van der Waals surface area contributed by atoms with Crippen LogP contribution in [0.15, 0.2) is 36.5 Å². The van der Waals surface area contributed by atoms with Crippen LogP contribution in [0, 0.1) is 11.3 Å². The highest BCUT2D eigenvalue weighted by Crippen LogP contribution is 2.38. The highest BCUT2D eigenvalue weighted by molar-refractivity contribution is 6.33. The van der Waals surface area contributed by atoms with Crippen LogP contribution >= 0.6 is 11.6 Å². The molecule has 1 heterocycles. The Morgan fingerprint density at radius 3 is 2.79 bits per heavy atom. The molecule has 0 spiro atoms. The first-order chi connectivity index (χ1) is 13.4. The van der Waals surface area contributed by atoms with Crippen LogP contribution in [0.2, 0.25) is 5.02 Å². The second kappa shape index (κ2) is 8.03. The van der Waals surface area contributed by atoms with Gasteiger partial charge in [-0.3, -0.25) is 9.78 Å². The van der Waals surface area contributed by atoms with Crippen LogP contribution in [-0.4, -0.2) is 17.5 Å². The van der Waals surface area contributed by atoms with Crippen molar-refractivity contribution in [3.05, 3.63) is 47.1 Å². The molecule has 3 rings (SSSR count). The molecule has 7 nitrogen and oxygen atoms in total. The number of rotatable bonds is 5. The molecule has 0 atom stereocenters. The van der Waals surface area contributed by atoms with E-state index < -0.39 is 0 Å². The maximum absolute atomic E-state index is 11.6. The maximum atomic E-state index is 11.6. The summed E-state index contributed by atoms with van der Waals surface area (Å²) in [6, 6.07) is 10.3. The summed E-state index contributed by atoms with van der Waals surface area (Å²) >= 11 is 6.06. The van der Waals surface area contributed by atoms with E-state index in [2.05, 4.69) is 16.4 Å². The number of nitrogens with one attached hydrogen (secondary N) is 1. The number of fused-ring (bicyclic) bond motifs is 1. The predicted molar refractivity (Wildman–Crippen MR) is 108 cm³/mol. The molecule has 0 saturated heterocycles. The van der Waals surface area contributed by atoms with E-state index in [1.54, 1.807) is 30.3 Å². The van der Waals surface area contributed by atoms with E-state index in [0.717, 1.165) is 0 Å². The minimum Gasteiger partial charge on any atom is -0.492 e. The largest absolute Gasteiger partial charge is 0.492 e. The number of anilines is 2. The van der Waals surface area contributed by atoms with Gasteiger partial charge in [0.15, 0.2) is 5.75 Å². The number of hydrogen-bond donors (Lipinski definition) is 2. The molecule has 0 fully saturated rings. The van der Waals surface area contributed by atoms with Crippen molar-refractivity contribution in [3.8, 4) is 23.3 Å². The van der Waals surface area contributed by atoms with Gasteiger partial charge < -0.3 is 20.5 Å². The first kappa shape index (κ1) is 19.3. The fourth-order valence-electron chi connectivity index (χ4n) is 2.64. The number of carbonyl (C=O) groups is 1. The Balaban J connectivity index is 2.19. The van der Waals surface area contributed by atoms with Crippen molar-refractivity contribution in [2.75, 3.05) is 17.7 Å². The molecule has 3 N–H and O–H groups in total. The van der Waals surface area contributed by atoms with Gasteiger partial charge in [-0.15, -0.1) is 0 Å². The first-order valence-electron chi connectivity index (χ1n) is 8.43. The zero-order chi connectivity index (χ0) is 20.3. The highest BCUT2D eigenvalue weighted by Gasteiger charge is 2.16. The van der Waals surface area contributed by atoms with Gasteiger partial charge in [-0.25, -0.2) is 0 Å². The Hall–Kier alpha value is -3.50. The Morgan fingerprint density at radius 2 is 2.14 bits per heavy atom. The number of nitriles is 1. The van der Waals surface area contributed by atoms with Gasteiger partial charge in [-0.05, 0) is 25.1 Å². The summed E-state index contributed by atoms with van der Waals surface area (Å²) in [6.45, 7) is 3.66. The number of nitrogens with two attached hydrogens (primary N) is 1. The number of amides is 1. The number of ether oxygens (including phenoxy) is 2. The molecule has 1 aromatic heterocycles. The van der Waals surface area contributed by atoms with Gasteiger partial charge in [0.05, 0.1) is 28.5 Å². The Bertz CT molecular complexity index is 1110. The number of benzene rings is 2. The van der Waals surface area contributed by atoms with Crippen molar-refractivity contribution >= 4 is 39.8 Å². The topological polar surface area (TPSA) is 110 Å². The van der Waals surface area contributed by atoms with Crippen molar-refractivity contribution in [3.63, 3.8) is 0 Å². The quantitative estimate of drug-likeness (QED) is 0.614. The monoisotopic (exact) mass is 396 g/mol. The molecule has 2 aromatic carbocycles. The molecule has 0 aliphatic rings. The van der Waals surface area contributed by atoms with Gasteiger partial charge in [0.2, 0.25) is 5.91 Å². The van der Waals surface area contributed by atoms with Crippen LogP contribution < -0.4 is 20.5 Å². The van der Waals surface area contributed by atoms with E-state index in [1.807, 2.05) is 6.92 Å². The summed E-state index contributed by atoms with van der Waals surface area (Å²) in [6.07, 6.45) is 1.42. The summed E-state index contributed by atoms with van der Waals surface area (Å²) in [5.41, 5.74) is 7.40.